The van der Waals surface area contributed by atoms with Gasteiger partial charge in [-0.25, -0.2) is 0 Å². The lowest BCUT2D eigenvalue weighted by Gasteiger charge is -2.09. The van der Waals surface area contributed by atoms with Crippen LogP contribution in [0, 0.1) is 6.92 Å². The smallest absolute Gasteiger partial charge is 0.255 e. The van der Waals surface area contributed by atoms with Crippen molar-refractivity contribution in [2.45, 2.75) is 20.3 Å². The van der Waals surface area contributed by atoms with Gasteiger partial charge in [0.25, 0.3) is 11.5 Å². The molecule has 2 aromatic rings. The molecule has 0 bridgehead atoms. The van der Waals surface area contributed by atoms with Gasteiger partial charge in [0.05, 0.1) is 0 Å². The molecule has 0 unspecified atom stereocenters. The lowest BCUT2D eigenvalue weighted by molar-refractivity contribution is 0.0954. The third-order valence-electron chi connectivity index (χ3n) is 4.23. The number of amides is 1. The minimum atomic E-state index is -0.136. The van der Waals surface area contributed by atoms with Gasteiger partial charge in [-0.15, -0.1) is 0 Å². The topological polar surface area (TPSA) is 62.0 Å². The van der Waals surface area contributed by atoms with Crippen LogP contribution in [0.4, 0.5) is 0 Å². The molecule has 4 nitrogen and oxygen atoms in total. The third-order valence-corrected chi connectivity index (χ3v) is 6.70. The Morgan fingerprint density at radius 3 is 2.88 bits per heavy atom. The van der Waals surface area contributed by atoms with Crippen molar-refractivity contribution >= 4 is 47.6 Å². The molecule has 0 atom stereocenters. The van der Waals surface area contributed by atoms with E-state index in [0.717, 1.165) is 17.4 Å². The summed E-state index contributed by atoms with van der Waals surface area (Å²) >= 11 is -0.0242. The third kappa shape index (κ3) is 4.09. The minimum absolute atomic E-state index is 0.0242. The minimum Gasteiger partial charge on any atom is -0.352 e. The highest BCUT2D eigenvalue weighted by Crippen LogP contribution is 2.21. The highest BCUT2D eigenvalue weighted by atomic mass is 127. The standard InChI is InChI=1S/C21H21IN2O2/c1-3-6-18-14(2)17-9-8-15(13-19(17)24-21(18)26)20(25)23-12-10-16-7-4-5-11-22-16/h3-9,11,13H,10,12H2,1-2H3,(H,23,25)(H,24,26)/b6-3-. The fourth-order valence-corrected chi connectivity index (χ4v) is 4.78. The van der Waals surface area contributed by atoms with E-state index < -0.39 is 0 Å². The summed E-state index contributed by atoms with van der Waals surface area (Å²) < 4.78 is 3.64. The second-order valence-electron chi connectivity index (χ2n) is 5.99. The maximum Gasteiger partial charge on any atom is 0.255 e. The lowest BCUT2D eigenvalue weighted by Crippen LogP contribution is -2.24. The number of aryl methyl sites for hydroxylation is 1. The zero-order chi connectivity index (χ0) is 18.5. The molecule has 2 N–H and O–H groups in total. The van der Waals surface area contributed by atoms with Crippen LogP contribution in [0.2, 0.25) is 0 Å². The summed E-state index contributed by atoms with van der Waals surface area (Å²) in [6, 6.07) is 5.46. The van der Waals surface area contributed by atoms with E-state index in [-0.39, 0.29) is 32.2 Å². The maximum absolute atomic E-state index is 12.4. The number of nitrogens with one attached hydrogen (secondary N) is 2. The summed E-state index contributed by atoms with van der Waals surface area (Å²) in [6.45, 7) is 4.44. The number of allylic oxidation sites excluding steroid dienone is 4. The number of hydrogen-bond donors (Lipinski definition) is 2. The molecule has 1 amide bonds. The van der Waals surface area contributed by atoms with Gasteiger partial charge in [-0.3, -0.25) is 9.59 Å². The molecular formula is C21H21IN2O2. The number of rotatable bonds is 5. The average Bonchev–Trinajstić information content (AvgIpc) is 2.65. The van der Waals surface area contributed by atoms with Crippen molar-refractivity contribution in [2.24, 2.45) is 0 Å². The van der Waals surface area contributed by atoms with E-state index in [1.54, 1.807) is 6.07 Å². The summed E-state index contributed by atoms with van der Waals surface area (Å²) in [5.74, 6) is -0.114. The molecule has 5 heteroatoms. The molecule has 2 heterocycles. The molecule has 1 aliphatic rings. The number of carbonyl (C=O) groups excluding carboxylic acids is 1. The predicted molar refractivity (Wildman–Crippen MR) is 118 cm³/mol. The zero-order valence-corrected chi connectivity index (χ0v) is 17.0. The second-order valence-corrected chi connectivity index (χ2v) is 8.72. The van der Waals surface area contributed by atoms with Crippen LogP contribution in [0.1, 0.15) is 34.8 Å². The number of aromatic nitrogens is 1. The van der Waals surface area contributed by atoms with Gasteiger partial charge in [0.1, 0.15) is 0 Å². The largest absolute Gasteiger partial charge is 0.352 e. The molecule has 26 heavy (non-hydrogen) atoms. The van der Waals surface area contributed by atoms with Gasteiger partial charge >= 0.3 is 0 Å². The molecule has 3 rings (SSSR count). The van der Waals surface area contributed by atoms with E-state index in [1.807, 2.05) is 44.2 Å². The molecule has 1 aromatic carbocycles. The molecule has 0 aliphatic carbocycles. The van der Waals surface area contributed by atoms with Crippen molar-refractivity contribution in [3.05, 3.63) is 73.1 Å². The van der Waals surface area contributed by atoms with Crippen LogP contribution >= 0.6 is 20.7 Å². The Morgan fingerprint density at radius 2 is 2.15 bits per heavy atom. The first-order valence-corrected chi connectivity index (χ1v) is 10.8. The molecule has 1 aliphatic heterocycles. The molecule has 0 saturated heterocycles. The van der Waals surface area contributed by atoms with Crippen LogP contribution in [0.5, 0.6) is 0 Å². The Bertz CT molecular complexity index is 1030. The number of fused-ring (bicyclic) bond motifs is 1. The number of hydrogen-bond acceptors (Lipinski definition) is 2. The summed E-state index contributed by atoms with van der Waals surface area (Å²) in [7, 11) is 0. The van der Waals surface area contributed by atoms with Crippen LogP contribution in [-0.4, -0.2) is 21.4 Å². The number of pyridine rings is 1. The molecule has 134 valence electrons. The summed E-state index contributed by atoms with van der Waals surface area (Å²) in [6.07, 6.45) is 10.8. The van der Waals surface area contributed by atoms with Crippen LogP contribution < -0.4 is 10.9 Å². The number of aromatic amines is 1. The van der Waals surface area contributed by atoms with Gasteiger partial charge in [-0.1, -0.05) is 57.2 Å². The number of benzene rings is 1. The van der Waals surface area contributed by atoms with Gasteiger partial charge < -0.3 is 10.3 Å². The van der Waals surface area contributed by atoms with Crippen molar-refractivity contribution in [1.29, 1.82) is 0 Å². The number of H-pyrrole nitrogens is 1. The predicted octanol–water partition coefficient (Wildman–Crippen LogP) is 4.22. The van der Waals surface area contributed by atoms with Gasteiger partial charge in [-0.05, 0) is 45.6 Å². The summed E-state index contributed by atoms with van der Waals surface area (Å²) in [5.41, 5.74) is 2.70. The SMILES string of the molecule is C/C=C\c1c(C)c2ccc(C(=O)NCCC3=CC=CC=I3)cc2[nH]c1=O. The van der Waals surface area contributed by atoms with Crippen molar-refractivity contribution in [2.75, 3.05) is 6.54 Å². The van der Waals surface area contributed by atoms with E-state index in [9.17, 15) is 9.59 Å². The maximum atomic E-state index is 12.4. The highest BCUT2D eigenvalue weighted by molar-refractivity contribution is 14.2. The summed E-state index contributed by atoms with van der Waals surface area (Å²) in [5, 5.41) is 3.92. The zero-order valence-electron chi connectivity index (χ0n) is 14.8. The Hall–Kier alpha value is -2.28. The first-order valence-electron chi connectivity index (χ1n) is 8.50. The van der Waals surface area contributed by atoms with Crippen LogP contribution in [-0.2, 0) is 0 Å². The Labute approximate surface area is 162 Å². The van der Waals surface area contributed by atoms with Crippen molar-refractivity contribution < 1.29 is 4.79 Å². The van der Waals surface area contributed by atoms with Gasteiger partial charge in [0.2, 0.25) is 0 Å². The molecule has 1 aromatic heterocycles. The monoisotopic (exact) mass is 460 g/mol. The van der Waals surface area contributed by atoms with Crippen molar-refractivity contribution in [3.63, 3.8) is 0 Å². The molecule has 0 spiro atoms. The quantitative estimate of drug-likeness (QED) is 0.657. The molecular weight excluding hydrogens is 439 g/mol. The second kappa shape index (κ2) is 8.40. The Kier molecular flexibility index (Phi) is 5.98. The lowest BCUT2D eigenvalue weighted by atomic mass is 10.0. The van der Waals surface area contributed by atoms with E-state index in [4.69, 9.17) is 0 Å². The van der Waals surface area contributed by atoms with Crippen LogP contribution in [0.3, 0.4) is 0 Å². The van der Waals surface area contributed by atoms with Crippen molar-refractivity contribution in [1.82, 2.24) is 10.3 Å². The van der Waals surface area contributed by atoms with E-state index in [2.05, 4.69) is 26.5 Å². The van der Waals surface area contributed by atoms with Gasteiger partial charge in [-0.2, -0.15) is 0 Å². The van der Waals surface area contributed by atoms with Gasteiger partial charge in [0.15, 0.2) is 0 Å². The molecule has 0 fully saturated rings. The van der Waals surface area contributed by atoms with Gasteiger partial charge in [0, 0.05) is 28.6 Å². The number of carbonyl (C=O) groups is 1. The fraction of sp³-hybridized carbons (Fsp3) is 0.190. The first-order chi connectivity index (χ1) is 12.6. The Balaban J connectivity index is 1.78. The Morgan fingerprint density at radius 1 is 1.31 bits per heavy atom. The van der Waals surface area contributed by atoms with Crippen LogP contribution in [0.15, 0.2) is 50.9 Å². The molecule has 0 radical (unpaired) electrons. The highest BCUT2D eigenvalue weighted by Gasteiger charge is 2.10. The van der Waals surface area contributed by atoms with Crippen molar-refractivity contribution in [3.8, 4) is 0 Å². The summed E-state index contributed by atoms with van der Waals surface area (Å²) in [4.78, 5) is 27.6. The number of halogens is 1. The van der Waals surface area contributed by atoms with E-state index in [1.165, 1.54) is 3.58 Å². The normalized spacial score (nSPS) is 13.7. The van der Waals surface area contributed by atoms with E-state index in [0.29, 0.717) is 23.2 Å². The average molecular weight is 460 g/mol. The fourth-order valence-electron chi connectivity index (χ4n) is 2.88. The first kappa shape index (κ1) is 18.5. The van der Waals surface area contributed by atoms with E-state index >= 15 is 0 Å². The van der Waals surface area contributed by atoms with Crippen LogP contribution in [0.25, 0.3) is 17.0 Å². The molecule has 0 saturated carbocycles.